The predicted octanol–water partition coefficient (Wildman–Crippen LogP) is 4.67. The van der Waals surface area contributed by atoms with Gasteiger partial charge in [-0.2, -0.15) is 0 Å². The van der Waals surface area contributed by atoms with Gasteiger partial charge in [0.05, 0.1) is 12.1 Å². The second-order valence-electron chi connectivity index (χ2n) is 8.07. The Morgan fingerprint density at radius 1 is 0.844 bits per heavy atom. The maximum absolute atomic E-state index is 13.3. The predicted molar refractivity (Wildman–Crippen MR) is 122 cm³/mol. The monoisotopic (exact) mass is 424 g/mol. The summed E-state index contributed by atoms with van der Waals surface area (Å²) in [4.78, 5) is 29.5. The lowest BCUT2D eigenvalue weighted by molar-refractivity contribution is -0.155. The van der Waals surface area contributed by atoms with E-state index in [1.54, 1.807) is 4.90 Å². The van der Waals surface area contributed by atoms with E-state index < -0.39 is 12.1 Å². The molecular formula is C27H24N2O3. The van der Waals surface area contributed by atoms with Gasteiger partial charge in [0, 0.05) is 6.54 Å². The van der Waals surface area contributed by atoms with E-state index in [-0.39, 0.29) is 24.6 Å². The molecule has 3 aromatic rings. The Balaban J connectivity index is 1.46. The van der Waals surface area contributed by atoms with Crippen molar-refractivity contribution in [2.45, 2.75) is 24.7 Å². The maximum Gasteiger partial charge on any atom is 0.411 e. The van der Waals surface area contributed by atoms with Crippen molar-refractivity contribution >= 4 is 18.1 Å². The van der Waals surface area contributed by atoms with Crippen LogP contribution in [0.1, 0.15) is 22.7 Å². The van der Waals surface area contributed by atoms with Crippen LogP contribution in [-0.4, -0.2) is 40.5 Å². The molecule has 2 heterocycles. The van der Waals surface area contributed by atoms with Crippen molar-refractivity contribution in [3.05, 3.63) is 114 Å². The summed E-state index contributed by atoms with van der Waals surface area (Å²) in [6, 6.07) is 28.5. The molecule has 5 nitrogen and oxygen atoms in total. The molecule has 3 aromatic carbocycles. The summed E-state index contributed by atoms with van der Waals surface area (Å²) in [6.45, 7) is 0.749. The summed E-state index contributed by atoms with van der Waals surface area (Å²) in [6.07, 6.45) is 3.61. The molecule has 2 unspecified atom stereocenters. The van der Waals surface area contributed by atoms with Gasteiger partial charge in [0.15, 0.2) is 0 Å². The SMILES string of the molecule is O=C1C(N2C(=O)OC[C@@H]2c2ccccc2)C(C=Cc2ccccc2)N1Cc1ccccc1. The highest BCUT2D eigenvalue weighted by Gasteiger charge is 2.55. The van der Waals surface area contributed by atoms with Gasteiger partial charge in [0.25, 0.3) is 0 Å². The quantitative estimate of drug-likeness (QED) is 0.540. The first-order valence-corrected chi connectivity index (χ1v) is 10.8. The Hall–Kier alpha value is -3.86. The molecule has 0 radical (unpaired) electrons. The van der Waals surface area contributed by atoms with Crippen LogP contribution in [-0.2, 0) is 16.1 Å². The molecule has 160 valence electrons. The van der Waals surface area contributed by atoms with Crippen molar-refractivity contribution in [2.75, 3.05) is 6.61 Å². The summed E-state index contributed by atoms with van der Waals surface area (Å²) >= 11 is 0. The van der Waals surface area contributed by atoms with Gasteiger partial charge in [0.1, 0.15) is 12.6 Å². The fraction of sp³-hybridized carbons (Fsp3) is 0.185. The number of carbonyl (C=O) groups excluding carboxylic acids is 2. The third kappa shape index (κ3) is 3.78. The number of hydrogen-bond donors (Lipinski definition) is 0. The Kier molecular flexibility index (Phi) is 5.46. The number of benzene rings is 3. The van der Waals surface area contributed by atoms with Crippen LogP contribution in [0, 0.1) is 0 Å². The van der Waals surface area contributed by atoms with Crippen molar-refractivity contribution in [1.82, 2.24) is 9.80 Å². The number of nitrogens with zero attached hydrogens (tertiary/aromatic N) is 2. The first-order chi connectivity index (χ1) is 15.7. The van der Waals surface area contributed by atoms with E-state index in [1.165, 1.54) is 0 Å². The molecule has 2 aliphatic heterocycles. The van der Waals surface area contributed by atoms with Crippen molar-refractivity contribution in [2.24, 2.45) is 0 Å². The summed E-state index contributed by atoms with van der Waals surface area (Å²) in [5, 5.41) is 0. The normalized spacial score (nSPS) is 22.8. The Morgan fingerprint density at radius 2 is 1.47 bits per heavy atom. The van der Waals surface area contributed by atoms with Gasteiger partial charge >= 0.3 is 6.09 Å². The maximum atomic E-state index is 13.3. The highest BCUT2D eigenvalue weighted by atomic mass is 16.6. The minimum Gasteiger partial charge on any atom is -0.447 e. The fourth-order valence-corrected chi connectivity index (χ4v) is 4.45. The van der Waals surface area contributed by atoms with E-state index in [0.717, 1.165) is 16.7 Å². The molecule has 0 saturated carbocycles. The molecule has 2 fully saturated rings. The van der Waals surface area contributed by atoms with E-state index in [9.17, 15) is 9.59 Å². The molecule has 3 atom stereocenters. The Morgan fingerprint density at radius 3 is 2.16 bits per heavy atom. The molecule has 2 aliphatic rings. The second kappa shape index (κ2) is 8.71. The first-order valence-electron chi connectivity index (χ1n) is 10.8. The summed E-state index contributed by atoms with van der Waals surface area (Å²) in [7, 11) is 0. The Labute approximate surface area is 187 Å². The third-order valence-electron chi connectivity index (χ3n) is 6.10. The average Bonchev–Trinajstić information content (AvgIpc) is 3.22. The molecule has 0 aliphatic carbocycles. The molecule has 0 bridgehead atoms. The molecule has 32 heavy (non-hydrogen) atoms. The minimum absolute atomic E-state index is 0.0589. The number of hydrogen-bond acceptors (Lipinski definition) is 3. The Bertz CT molecular complexity index is 1120. The minimum atomic E-state index is -0.584. The van der Waals surface area contributed by atoms with Gasteiger partial charge in [-0.25, -0.2) is 4.79 Å². The van der Waals surface area contributed by atoms with Gasteiger partial charge in [-0.05, 0) is 16.7 Å². The van der Waals surface area contributed by atoms with Crippen LogP contribution in [0.15, 0.2) is 97.1 Å². The number of amides is 2. The lowest BCUT2D eigenvalue weighted by Crippen LogP contribution is -2.69. The van der Waals surface area contributed by atoms with Gasteiger partial charge in [-0.3, -0.25) is 9.69 Å². The molecule has 0 aromatic heterocycles. The topological polar surface area (TPSA) is 49.9 Å². The molecule has 0 spiro atoms. The van der Waals surface area contributed by atoms with Crippen LogP contribution in [0.2, 0.25) is 0 Å². The fourth-order valence-electron chi connectivity index (χ4n) is 4.45. The molecule has 5 heteroatoms. The number of likely N-dealkylation sites (tertiary alicyclic amines) is 1. The van der Waals surface area contributed by atoms with Crippen LogP contribution in [0.3, 0.4) is 0 Å². The second-order valence-corrected chi connectivity index (χ2v) is 8.07. The van der Waals surface area contributed by atoms with Gasteiger partial charge in [0.2, 0.25) is 5.91 Å². The lowest BCUT2D eigenvalue weighted by Gasteiger charge is -2.49. The van der Waals surface area contributed by atoms with E-state index in [4.69, 9.17) is 4.74 Å². The molecule has 0 N–H and O–H groups in total. The van der Waals surface area contributed by atoms with Crippen molar-refractivity contribution in [1.29, 1.82) is 0 Å². The van der Waals surface area contributed by atoms with Crippen LogP contribution >= 0.6 is 0 Å². The van der Waals surface area contributed by atoms with E-state index >= 15 is 0 Å². The standard InChI is InChI=1S/C27H24N2O3/c30-26-25(29-24(19-32-27(29)31)22-14-8-3-9-15-22)23(17-16-20-10-4-1-5-11-20)28(26)18-21-12-6-2-7-13-21/h1-17,23-25H,18-19H2/t23?,24-,25?/m1/s1. The van der Waals surface area contributed by atoms with Gasteiger partial charge in [-0.15, -0.1) is 0 Å². The number of carbonyl (C=O) groups is 2. The van der Waals surface area contributed by atoms with Crippen molar-refractivity contribution in [3.8, 4) is 0 Å². The molecular weight excluding hydrogens is 400 g/mol. The zero-order valence-corrected chi connectivity index (χ0v) is 17.6. The summed E-state index contributed by atoms with van der Waals surface area (Å²) < 4.78 is 5.39. The zero-order valence-electron chi connectivity index (χ0n) is 17.6. The number of ether oxygens (including phenoxy) is 1. The van der Waals surface area contributed by atoms with Crippen LogP contribution in [0.4, 0.5) is 4.79 Å². The highest BCUT2D eigenvalue weighted by molar-refractivity contribution is 5.94. The number of β-lactam (4-membered cyclic amide) rings is 1. The summed E-state index contributed by atoms with van der Waals surface area (Å²) in [5.74, 6) is -0.0589. The number of rotatable bonds is 6. The first kappa shape index (κ1) is 20.1. The number of cyclic esters (lactones) is 1. The molecule has 5 rings (SSSR count). The van der Waals surface area contributed by atoms with Gasteiger partial charge in [-0.1, -0.05) is 103 Å². The third-order valence-corrected chi connectivity index (χ3v) is 6.10. The molecule has 2 saturated heterocycles. The lowest BCUT2D eigenvalue weighted by atomic mass is 9.89. The highest BCUT2D eigenvalue weighted by Crippen LogP contribution is 2.37. The largest absolute Gasteiger partial charge is 0.447 e. The van der Waals surface area contributed by atoms with Crippen LogP contribution in [0.25, 0.3) is 6.08 Å². The van der Waals surface area contributed by atoms with Gasteiger partial charge < -0.3 is 9.64 Å². The molecule has 2 amide bonds. The van der Waals surface area contributed by atoms with E-state index in [1.807, 2.05) is 108 Å². The van der Waals surface area contributed by atoms with Crippen molar-refractivity contribution in [3.63, 3.8) is 0 Å². The average molecular weight is 425 g/mol. The smallest absolute Gasteiger partial charge is 0.411 e. The zero-order chi connectivity index (χ0) is 21.9. The van der Waals surface area contributed by atoms with E-state index in [2.05, 4.69) is 0 Å². The van der Waals surface area contributed by atoms with Crippen LogP contribution in [0.5, 0.6) is 0 Å². The van der Waals surface area contributed by atoms with Crippen LogP contribution < -0.4 is 0 Å². The van der Waals surface area contributed by atoms with E-state index in [0.29, 0.717) is 6.54 Å². The summed E-state index contributed by atoms with van der Waals surface area (Å²) in [5.41, 5.74) is 3.08. The van der Waals surface area contributed by atoms with Crippen molar-refractivity contribution < 1.29 is 14.3 Å².